The molecule has 0 radical (unpaired) electrons. The summed E-state index contributed by atoms with van der Waals surface area (Å²) in [5, 5.41) is -0.384. The molecule has 0 saturated heterocycles. The molecule has 0 atom stereocenters. The van der Waals surface area contributed by atoms with E-state index in [-0.39, 0.29) is 10.6 Å². The van der Waals surface area contributed by atoms with Gasteiger partial charge in [-0.2, -0.15) is 0 Å². The molecule has 0 heterocycles. The Bertz CT molecular complexity index is 487. The zero-order valence-electron chi connectivity index (χ0n) is 15.9. The molecule has 1 aliphatic rings. The summed E-state index contributed by atoms with van der Waals surface area (Å²) in [5.74, 6) is -0.911. The predicted octanol–water partition coefficient (Wildman–Crippen LogP) is 5.19. The van der Waals surface area contributed by atoms with Crippen molar-refractivity contribution < 1.29 is 18.4 Å². The first-order chi connectivity index (χ1) is 11.1. The summed E-state index contributed by atoms with van der Waals surface area (Å²) < 4.78 is 12.1. The lowest BCUT2D eigenvalue weighted by molar-refractivity contribution is -0.138. The zero-order chi connectivity index (χ0) is 18.5. The Morgan fingerprint density at radius 3 is 1.75 bits per heavy atom. The van der Waals surface area contributed by atoms with E-state index in [4.69, 9.17) is 8.85 Å². The van der Waals surface area contributed by atoms with E-state index >= 15 is 0 Å². The van der Waals surface area contributed by atoms with Crippen LogP contribution in [0, 0.1) is 0 Å². The van der Waals surface area contributed by atoms with Crippen LogP contribution in [0.1, 0.15) is 73.1 Å². The molecular formula is C19H32O4Si. The van der Waals surface area contributed by atoms with E-state index in [0.29, 0.717) is 11.1 Å². The molecule has 0 aromatic rings. The number of carbonyl (C=O) groups excluding carboxylic acids is 2. The van der Waals surface area contributed by atoms with Crippen LogP contribution >= 0.6 is 0 Å². The molecule has 1 saturated carbocycles. The molecule has 0 bridgehead atoms. The highest BCUT2D eigenvalue weighted by Crippen LogP contribution is 2.53. The molecule has 4 nitrogen and oxygen atoms in total. The number of carbonyl (C=O) groups is 2. The molecule has 0 aromatic carbocycles. The van der Waals surface area contributed by atoms with Crippen molar-refractivity contribution in [2.24, 2.45) is 0 Å². The van der Waals surface area contributed by atoms with E-state index in [1.807, 2.05) is 20.8 Å². The van der Waals surface area contributed by atoms with Crippen molar-refractivity contribution >= 4 is 20.5 Å². The largest absolute Gasteiger partial charge is 0.481 e. The highest BCUT2D eigenvalue weighted by molar-refractivity contribution is 6.75. The van der Waals surface area contributed by atoms with Gasteiger partial charge in [0.15, 0.2) is 0 Å². The zero-order valence-corrected chi connectivity index (χ0v) is 16.9. The van der Waals surface area contributed by atoms with Crippen LogP contribution < -0.4 is 0 Å². The summed E-state index contributed by atoms with van der Waals surface area (Å²) in [7, 11) is -3.19. The van der Waals surface area contributed by atoms with E-state index in [9.17, 15) is 9.59 Å². The molecule has 1 aliphatic carbocycles. The van der Waals surface area contributed by atoms with Crippen LogP contribution in [0.15, 0.2) is 24.3 Å². The molecule has 136 valence electrons. The van der Waals surface area contributed by atoms with Crippen molar-refractivity contribution in [3.8, 4) is 0 Å². The van der Waals surface area contributed by atoms with Crippen molar-refractivity contribution in [3.63, 3.8) is 0 Å². The molecule has 0 N–H and O–H groups in total. The van der Waals surface area contributed by atoms with Crippen LogP contribution in [0.3, 0.4) is 0 Å². The number of hydrogen-bond donors (Lipinski definition) is 0. The quantitative estimate of drug-likeness (QED) is 0.467. The lowest BCUT2D eigenvalue weighted by Gasteiger charge is -2.46. The standard InChI is InChI=1S/C19H32O4Si/c1-8-19(6,7)24(22-17(20)14(2)3,23-18(21)15(4)5)16-12-10-9-11-13-16/h16H,2,4,8-13H2,1,3,5-7H3. The van der Waals surface area contributed by atoms with Gasteiger partial charge in [-0.05, 0) is 33.1 Å². The minimum absolute atomic E-state index is 0.118. The Kier molecular flexibility index (Phi) is 7.02. The SMILES string of the molecule is C=C(C)C(=O)O[Si](OC(=O)C(=C)C)(C1CCCCC1)C(C)(C)CC. The second-order valence-corrected chi connectivity index (χ2v) is 11.5. The van der Waals surface area contributed by atoms with E-state index in [0.717, 1.165) is 32.1 Å². The third-order valence-electron chi connectivity index (χ3n) is 5.16. The van der Waals surface area contributed by atoms with Gasteiger partial charge in [-0.3, -0.25) is 0 Å². The Hall–Kier alpha value is -1.36. The van der Waals surface area contributed by atoms with Crippen molar-refractivity contribution in [2.45, 2.75) is 83.7 Å². The highest BCUT2D eigenvalue weighted by atomic mass is 28.4. The fraction of sp³-hybridized carbons (Fsp3) is 0.684. The molecule has 0 aromatic heterocycles. The van der Waals surface area contributed by atoms with Gasteiger partial charge in [-0.1, -0.05) is 53.2 Å². The average molecular weight is 353 g/mol. The molecule has 24 heavy (non-hydrogen) atoms. The van der Waals surface area contributed by atoms with Crippen LogP contribution in [0.25, 0.3) is 0 Å². The molecular weight excluding hydrogens is 320 g/mol. The van der Waals surface area contributed by atoms with Crippen molar-refractivity contribution in [3.05, 3.63) is 24.3 Å². The predicted molar refractivity (Wildman–Crippen MR) is 98.7 cm³/mol. The maximum atomic E-state index is 12.4. The van der Waals surface area contributed by atoms with Gasteiger partial charge in [-0.25, -0.2) is 9.59 Å². The Balaban J connectivity index is 3.39. The minimum Gasteiger partial charge on any atom is -0.481 e. The van der Waals surface area contributed by atoms with Crippen LogP contribution in [0.4, 0.5) is 0 Å². The summed E-state index contributed by atoms with van der Waals surface area (Å²) in [6.45, 7) is 16.8. The molecule has 0 amide bonds. The van der Waals surface area contributed by atoms with Gasteiger partial charge in [0, 0.05) is 21.7 Å². The van der Waals surface area contributed by atoms with E-state index in [1.54, 1.807) is 13.8 Å². The normalized spacial score (nSPS) is 16.4. The molecule has 0 aliphatic heterocycles. The summed E-state index contributed by atoms with van der Waals surface area (Å²) in [6.07, 6.45) is 5.97. The van der Waals surface area contributed by atoms with E-state index < -0.39 is 20.5 Å². The fourth-order valence-electron chi connectivity index (χ4n) is 3.20. The Morgan fingerprint density at radius 1 is 1.00 bits per heavy atom. The van der Waals surface area contributed by atoms with E-state index in [1.165, 1.54) is 6.42 Å². The number of rotatable bonds is 7. The fourth-order valence-corrected chi connectivity index (χ4v) is 7.79. The lowest BCUT2D eigenvalue weighted by Crippen LogP contribution is -2.58. The Labute approximate surface area is 147 Å². The monoisotopic (exact) mass is 352 g/mol. The summed E-state index contributed by atoms with van der Waals surface area (Å²) >= 11 is 0. The molecule has 1 fully saturated rings. The average Bonchev–Trinajstić information content (AvgIpc) is 2.54. The number of hydrogen-bond acceptors (Lipinski definition) is 4. The topological polar surface area (TPSA) is 52.6 Å². The summed E-state index contributed by atoms with van der Waals surface area (Å²) in [5.41, 5.74) is 0.787. The van der Waals surface area contributed by atoms with E-state index in [2.05, 4.69) is 13.2 Å². The first-order valence-electron chi connectivity index (χ1n) is 8.85. The first-order valence-corrected chi connectivity index (χ1v) is 10.7. The second-order valence-electron chi connectivity index (χ2n) is 7.58. The van der Waals surface area contributed by atoms with Crippen LogP contribution in [-0.2, 0) is 18.4 Å². The maximum Gasteiger partial charge on any atom is 0.473 e. The maximum absolute atomic E-state index is 12.4. The minimum atomic E-state index is -3.19. The van der Waals surface area contributed by atoms with Gasteiger partial charge in [0.05, 0.1) is 0 Å². The molecule has 5 heteroatoms. The smallest absolute Gasteiger partial charge is 0.473 e. The Morgan fingerprint density at radius 2 is 1.42 bits per heavy atom. The van der Waals surface area contributed by atoms with Crippen LogP contribution in [0.5, 0.6) is 0 Å². The summed E-state index contributed by atoms with van der Waals surface area (Å²) in [6, 6.07) is 0. The highest BCUT2D eigenvalue weighted by Gasteiger charge is 2.62. The molecule has 0 unspecified atom stereocenters. The molecule has 0 spiro atoms. The van der Waals surface area contributed by atoms with Crippen LogP contribution in [-0.4, -0.2) is 20.5 Å². The third kappa shape index (κ3) is 4.38. The molecule has 1 rings (SSSR count). The first kappa shape index (κ1) is 20.7. The van der Waals surface area contributed by atoms with Gasteiger partial charge in [0.25, 0.3) is 0 Å². The second kappa shape index (κ2) is 8.14. The lowest BCUT2D eigenvalue weighted by atomic mass is 10.0. The third-order valence-corrected chi connectivity index (χ3v) is 10.0. The van der Waals surface area contributed by atoms with Gasteiger partial charge < -0.3 is 8.85 Å². The van der Waals surface area contributed by atoms with Crippen molar-refractivity contribution in [1.29, 1.82) is 0 Å². The van der Waals surface area contributed by atoms with Gasteiger partial charge in [-0.15, -0.1) is 0 Å². The van der Waals surface area contributed by atoms with Gasteiger partial charge >= 0.3 is 20.5 Å². The summed E-state index contributed by atoms with van der Waals surface area (Å²) in [4.78, 5) is 24.8. The van der Waals surface area contributed by atoms with Crippen molar-refractivity contribution in [1.82, 2.24) is 0 Å². The van der Waals surface area contributed by atoms with Gasteiger partial charge in [0.2, 0.25) is 0 Å². The van der Waals surface area contributed by atoms with Crippen molar-refractivity contribution in [2.75, 3.05) is 0 Å². The van der Waals surface area contributed by atoms with Crippen LogP contribution in [0.2, 0.25) is 10.6 Å². The van der Waals surface area contributed by atoms with Gasteiger partial charge in [0.1, 0.15) is 0 Å².